The highest BCUT2D eigenvalue weighted by Gasteiger charge is 2.33. The van der Waals surface area contributed by atoms with Gasteiger partial charge in [0, 0.05) is 12.3 Å². The number of alkyl carbamates (subject to hydrolysis) is 1. The number of ether oxygens (including phenoxy) is 2. The number of hydrogen-bond donors (Lipinski definition) is 1. The number of carbonyl (C=O) groups is 2. The van der Waals surface area contributed by atoms with Gasteiger partial charge in [0.15, 0.2) is 0 Å². The molecule has 0 aliphatic heterocycles. The van der Waals surface area contributed by atoms with E-state index in [9.17, 15) is 27.2 Å². The molecule has 0 radical (unpaired) electrons. The van der Waals surface area contributed by atoms with Gasteiger partial charge in [-0.25, -0.2) is 14.0 Å². The highest BCUT2D eigenvalue weighted by molar-refractivity contribution is 5.82. The predicted molar refractivity (Wildman–Crippen MR) is 133 cm³/mol. The molecule has 38 heavy (non-hydrogen) atoms. The number of hydrogen-bond acceptors (Lipinski definition) is 4. The Morgan fingerprint density at radius 3 is 2.03 bits per heavy atom. The molecule has 1 unspecified atom stereocenters. The lowest BCUT2D eigenvalue weighted by atomic mass is 9.98. The van der Waals surface area contributed by atoms with E-state index in [4.69, 9.17) is 9.47 Å². The van der Waals surface area contributed by atoms with Crippen LogP contribution >= 0.6 is 0 Å². The number of amides is 1. The van der Waals surface area contributed by atoms with Crippen LogP contribution < -0.4 is 5.32 Å². The van der Waals surface area contributed by atoms with Crippen LogP contribution in [0.5, 0.6) is 0 Å². The third-order valence-electron chi connectivity index (χ3n) is 6.13. The summed E-state index contributed by atoms with van der Waals surface area (Å²) in [6, 6.07) is 16.2. The number of fused-ring (bicyclic) bond motifs is 3. The summed E-state index contributed by atoms with van der Waals surface area (Å²) in [5.41, 5.74) is 1.82. The van der Waals surface area contributed by atoms with E-state index in [0.29, 0.717) is 6.07 Å². The molecule has 4 rings (SSSR count). The van der Waals surface area contributed by atoms with Crippen molar-refractivity contribution in [3.8, 4) is 11.1 Å². The average molecular weight is 530 g/mol. The Morgan fingerprint density at radius 1 is 0.921 bits per heavy atom. The van der Waals surface area contributed by atoms with Crippen LogP contribution in [0.4, 0.5) is 22.4 Å². The zero-order valence-corrected chi connectivity index (χ0v) is 21.1. The van der Waals surface area contributed by atoms with Crippen molar-refractivity contribution in [1.82, 2.24) is 5.32 Å². The smallest absolute Gasteiger partial charge is 0.416 e. The molecule has 0 saturated heterocycles. The van der Waals surface area contributed by atoms with E-state index in [2.05, 4.69) is 5.32 Å². The minimum Gasteiger partial charge on any atom is -0.458 e. The third-order valence-corrected chi connectivity index (χ3v) is 6.13. The monoisotopic (exact) mass is 529 g/mol. The van der Waals surface area contributed by atoms with E-state index in [1.807, 2.05) is 48.5 Å². The van der Waals surface area contributed by atoms with Crippen molar-refractivity contribution >= 4 is 12.1 Å². The van der Waals surface area contributed by atoms with Crippen molar-refractivity contribution in [2.75, 3.05) is 6.61 Å². The lowest BCUT2D eigenvalue weighted by Gasteiger charge is -2.25. The van der Waals surface area contributed by atoms with Crippen molar-refractivity contribution in [2.45, 2.75) is 50.9 Å². The first-order valence-electron chi connectivity index (χ1n) is 12.0. The Bertz CT molecular complexity index is 1300. The highest BCUT2D eigenvalue weighted by atomic mass is 19.4. The second-order valence-electron chi connectivity index (χ2n) is 10.1. The van der Waals surface area contributed by atoms with Gasteiger partial charge in [0.1, 0.15) is 24.1 Å². The van der Waals surface area contributed by atoms with Crippen molar-refractivity contribution in [3.63, 3.8) is 0 Å². The molecule has 9 heteroatoms. The molecule has 0 aromatic heterocycles. The Morgan fingerprint density at radius 2 is 1.50 bits per heavy atom. The molecule has 0 spiro atoms. The second-order valence-corrected chi connectivity index (χ2v) is 10.1. The van der Waals surface area contributed by atoms with Crippen LogP contribution in [0.25, 0.3) is 11.1 Å². The van der Waals surface area contributed by atoms with E-state index in [1.54, 1.807) is 20.8 Å². The molecule has 3 aromatic rings. The summed E-state index contributed by atoms with van der Waals surface area (Å²) in [6.45, 7) is 4.84. The normalized spacial score (nSPS) is 13.9. The van der Waals surface area contributed by atoms with Crippen LogP contribution in [-0.2, 0) is 26.9 Å². The van der Waals surface area contributed by atoms with E-state index >= 15 is 0 Å². The SMILES string of the molecule is CC(C)(C)OC(=O)C(Cc1ccc(C(F)(F)F)cc1F)NC(=O)OCC1c2ccccc2-c2ccccc21. The maximum atomic E-state index is 14.5. The number of esters is 1. The molecule has 1 amide bonds. The van der Waals surface area contributed by atoms with Gasteiger partial charge in [-0.2, -0.15) is 13.2 Å². The molecule has 0 heterocycles. The summed E-state index contributed by atoms with van der Waals surface area (Å²) in [4.78, 5) is 25.6. The Balaban J connectivity index is 1.50. The van der Waals surface area contributed by atoms with Gasteiger partial charge >= 0.3 is 18.2 Å². The van der Waals surface area contributed by atoms with Gasteiger partial charge in [0.05, 0.1) is 5.56 Å². The standard InChI is InChI=1S/C29H27F4NO4/c1-28(2,3)38-26(35)25(14-17-12-13-18(15-24(17)30)29(31,32)33)34-27(36)37-16-23-21-10-6-4-8-19(21)20-9-5-7-11-22(20)23/h4-13,15,23,25H,14,16H2,1-3H3,(H,34,36). The second kappa shape index (κ2) is 10.5. The molecule has 1 aliphatic rings. The lowest BCUT2D eigenvalue weighted by molar-refractivity contribution is -0.157. The first-order chi connectivity index (χ1) is 17.8. The van der Waals surface area contributed by atoms with Crippen LogP contribution in [0.3, 0.4) is 0 Å². The average Bonchev–Trinajstić information content (AvgIpc) is 3.15. The predicted octanol–water partition coefficient (Wildman–Crippen LogP) is 6.64. The Hall–Kier alpha value is -3.88. The number of nitrogens with one attached hydrogen (secondary N) is 1. The fraction of sp³-hybridized carbons (Fsp3) is 0.310. The first kappa shape index (κ1) is 27.2. The minimum atomic E-state index is -4.72. The van der Waals surface area contributed by atoms with Crippen molar-refractivity contribution in [1.29, 1.82) is 0 Å². The highest BCUT2D eigenvalue weighted by Crippen LogP contribution is 2.44. The summed E-state index contributed by atoms with van der Waals surface area (Å²) in [7, 11) is 0. The van der Waals surface area contributed by atoms with Crippen molar-refractivity contribution < 1.29 is 36.6 Å². The Kier molecular flexibility index (Phi) is 7.49. The van der Waals surface area contributed by atoms with Gasteiger partial charge in [-0.15, -0.1) is 0 Å². The molecule has 200 valence electrons. The summed E-state index contributed by atoms with van der Waals surface area (Å²) >= 11 is 0. The van der Waals surface area contributed by atoms with Crippen LogP contribution in [0.2, 0.25) is 0 Å². The number of halogens is 4. The molecule has 0 saturated carbocycles. The molecular weight excluding hydrogens is 502 g/mol. The van der Waals surface area contributed by atoms with E-state index in [-0.39, 0.29) is 18.1 Å². The minimum absolute atomic E-state index is 0.0183. The number of alkyl halides is 3. The van der Waals surface area contributed by atoms with Gasteiger partial charge < -0.3 is 14.8 Å². The summed E-state index contributed by atoms with van der Waals surface area (Å²) < 4.78 is 64.1. The number of carbonyl (C=O) groups excluding carboxylic acids is 2. The molecule has 3 aromatic carbocycles. The maximum absolute atomic E-state index is 14.5. The van der Waals surface area contributed by atoms with Crippen LogP contribution in [0.15, 0.2) is 66.7 Å². The molecule has 5 nitrogen and oxygen atoms in total. The van der Waals surface area contributed by atoms with Crippen LogP contribution in [0, 0.1) is 5.82 Å². The molecule has 1 atom stereocenters. The van der Waals surface area contributed by atoms with Crippen LogP contribution in [0.1, 0.15) is 48.9 Å². The lowest BCUT2D eigenvalue weighted by Crippen LogP contribution is -2.46. The van der Waals surface area contributed by atoms with Gasteiger partial charge in [-0.1, -0.05) is 54.6 Å². The van der Waals surface area contributed by atoms with Gasteiger partial charge in [-0.3, -0.25) is 0 Å². The van der Waals surface area contributed by atoms with Gasteiger partial charge in [-0.05, 0) is 60.7 Å². The topological polar surface area (TPSA) is 64.6 Å². The van der Waals surface area contributed by atoms with E-state index in [1.165, 1.54) is 0 Å². The quantitative estimate of drug-likeness (QED) is 0.287. The first-order valence-corrected chi connectivity index (χ1v) is 12.0. The summed E-state index contributed by atoms with van der Waals surface area (Å²) in [6.07, 6.45) is -6.08. The fourth-order valence-electron chi connectivity index (χ4n) is 4.46. The van der Waals surface area contributed by atoms with Crippen LogP contribution in [-0.4, -0.2) is 30.3 Å². The molecule has 1 N–H and O–H groups in total. The van der Waals surface area contributed by atoms with Crippen molar-refractivity contribution in [2.24, 2.45) is 0 Å². The van der Waals surface area contributed by atoms with Gasteiger partial charge in [0.25, 0.3) is 0 Å². The van der Waals surface area contributed by atoms with Crippen molar-refractivity contribution in [3.05, 3.63) is 94.8 Å². The molecule has 0 bridgehead atoms. The summed E-state index contributed by atoms with van der Waals surface area (Å²) in [5.74, 6) is -2.24. The van der Waals surface area contributed by atoms with E-state index < -0.39 is 47.7 Å². The largest absolute Gasteiger partial charge is 0.458 e. The Labute approximate surface area is 217 Å². The van der Waals surface area contributed by atoms with Gasteiger partial charge in [0.2, 0.25) is 0 Å². The maximum Gasteiger partial charge on any atom is 0.416 e. The van der Waals surface area contributed by atoms with E-state index in [0.717, 1.165) is 34.4 Å². The number of rotatable bonds is 6. The molecule has 1 aliphatic carbocycles. The summed E-state index contributed by atoms with van der Waals surface area (Å²) in [5, 5.41) is 2.41. The molecule has 0 fully saturated rings. The number of benzene rings is 3. The fourth-order valence-corrected chi connectivity index (χ4v) is 4.46. The zero-order chi connectivity index (χ0) is 27.7. The third kappa shape index (κ3) is 6.15. The zero-order valence-electron chi connectivity index (χ0n) is 21.1. The molecular formula is C29H27F4NO4.